The average molecular weight is 432 g/mol. The van der Waals surface area contributed by atoms with Crippen molar-refractivity contribution in [3.63, 3.8) is 0 Å². The molecule has 1 atom stereocenters. The van der Waals surface area contributed by atoms with E-state index in [0.717, 1.165) is 12.1 Å². The number of ether oxygens (including phenoxy) is 1. The van der Waals surface area contributed by atoms with E-state index in [4.69, 9.17) is 10.5 Å². The highest BCUT2D eigenvalue weighted by Gasteiger charge is 2.30. The highest BCUT2D eigenvalue weighted by molar-refractivity contribution is 6.05. The lowest BCUT2D eigenvalue weighted by atomic mass is 10.1. The summed E-state index contributed by atoms with van der Waals surface area (Å²) in [4.78, 5) is 24.3. The zero-order valence-corrected chi connectivity index (χ0v) is 16.3. The number of halogens is 4. The maximum Gasteiger partial charge on any atom is 0.416 e. The molecule has 0 aliphatic heterocycles. The molecule has 0 aromatic heterocycles. The van der Waals surface area contributed by atoms with E-state index >= 15 is 0 Å². The topological polar surface area (TPSA) is 93.4 Å². The Morgan fingerprint density at radius 1 is 1.07 bits per heavy atom. The number of methoxy groups -OCH3 is 1. The Kier molecular flexibility index (Phi) is 9.09. The second-order valence-electron chi connectivity index (χ2n) is 5.96. The molecule has 10 heteroatoms. The number of hydrogen-bond donors (Lipinski definition) is 3. The molecule has 0 radical (unpaired) electrons. The molecular weight excluding hydrogens is 411 g/mol. The largest absolute Gasteiger partial charge is 0.416 e. The molecule has 4 N–H and O–H groups in total. The fraction of sp³-hybridized carbons (Fsp3) is 0.263. The summed E-state index contributed by atoms with van der Waals surface area (Å²) in [6, 6.07) is 10.4. The molecular formula is C19H21ClF3N3O3. The zero-order valence-electron chi connectivity index (χ0n) is 15.5. The van der Waals surface area contributed by atoms with Crippen LogP contribution >= 0.6 is 12.4 Å². The minimum atomic E-state index is -4.51. The van der Waals surface area contributed by atoms with Gasteiger partial charge >= 0.3 is 6.18 Å². The lowest BCUT2D eigenvalue weighted by Crippen LogP contribution is -2.28. The second kappa shape index (κ2) is 10.8. The van der Waals surface area contributed by atoms with Crippen molar-refractivity contribution in [2.24, 2.45) is 5.73 Å². The standard InChI is InChI=1S/C19H20F3N3O3.ClH/c1-28-16(11-23)10-17(26)24-14-6-2-4-12(8-14)18(27)25-15-7-3-5-13(9-15)19(20,21)22;/h2-9,16H,10-11,23H2,1H3,(H,24,26)(H,25,27);1H. The number of nitrogens with one attached hydrogen (secondary N) is 2. The molecule has 0 aliphatic carbocycles. The molecule has 2 aromatic carbocycles. The average Bonchev–Trinajstić information content (AvgIpc) is 2.65. The van der Waals surface area contributed by atoms with Crippen LogP contribution in [0.5, 0.6) is 0 Å². The summed E-state index contributed by atoms with van der Waals surface area (Å²) in [7, 11) is 1.45. The van der Waals surface area contributed by atoms with E-state index < -0.39 is 23.8 Å². The van der Waals surface area contributed by atoms with Crippen LogP contribution in [0.3, 0.4) is 0 Å². The summed E-state index contributed by atoms with van der Waals surface area (Å²) in [5.74, 6) is -0.945. The number of benzene rings is 2. The van der Waals surface area contributed by atoms with Crippen molar-refractivity contribution in [1.82, 2.24) is 0 Å². The van der Waals surface area contributed by atoms with E-state index in [1.165, 1.54) is 31.4 Å². The summed E-state index contributed by atoms with van der Waals surface area (Å²) in [6.45, 7) is 0.184. The van der Waals surface area contributed by atoms with Crippen molar-refractivity contribution < 1.29 is 27.5 Å². The Labute approximate surface area is 172 Å². The molecule has 2 aromatic rings. The number of rotatable bonds is 7. The normalized spacial score (nSPS) is 11.9. The minimum Gasteiger partial charge on any atom is -0.380 e. The Hall–Kier alpha value is -2.62. The third-order valence-corrected chi connectivity index (χ3v) is 3.87. The molecule has 1 unspecified atom stereocenters. The molecule has 2 amide bonds. The van der Waals surface area contributed by atoms with Crippen molar-refractivity contribution in [2.45, 2.75) is 18.7 Å². The molecule has 0 aliphatic rings. The lowest BCUT2D eigenvalue weighted by Gasteiger charge is -2.13. The minimum absolute atomic E-state index is 0. The van der Waals surface area contributed by atoms with Gasteiger partial charge in [0, 0.05) is 30.6 Å². The van der Waals surface area contributed by atoms with Crippen LogP contribution in [0.4, 0.5) is 24.5 Å². The fourth-order valence-corrected chi connectivity index (χ4v) is 2.40. The Balaban J connectivity index is 0.00000420. The van der Waals surface area contributed by atoms with E-state index in [1.54, 1.807) is 12.1 Å². The van der Waals surface area contributed by atoms with Gasteiger partial charge in [0.25, 0.3) is 5.91 Å². The molecule has 0 bridgehead atoms. The highest BCUT2D eigenvalue weighted by Crippen LogP contribution is 2.30. The van der Waals surface area contributed by atoms with Gasteiger partial charge in [0.05, 0.1) is 18.1 Å². The monoisotopic (exact) mass is 431 g/mol. The first-order valence-electron chi connectivity index (χ1n) is 8.34. The third-order valence-electron chi connectivity index (χ3n) is 3.87. The van der Waals surface area contributed by atoms with Crippen LogP contribution in [0, 0.1) is 0 Å². The van der Waals surface area contributed by atoms with Gasteiger partial charge in [-0.2, -0.15) is 13.2 Å². The smallest absolute Gasteiger partial charge is 0.380 e. The number of carbonyl (C=O) groups excluding carboxylic acids is 2. The van der Waals surface area contributed by atoms with E-state index in [-0.39, 0.29) is 42.5 Å². The van der Waals surface area contributed by atoms with E-state index in [0.29, 0.717) is 5.69 Å². The van der Waals surface area contributed by atoms with Gasteiger partial charge < -0.3 is 21.1 Å². The van der Waals surface area contributed by atoms with Crippen LogP contribution in [-0.4, -0.2) is 31.6 Å². The quantitative estimate of drug-likeness (QED) is 0.623. The first kappa shape index (κ1) is 24.4. The molecule has 0 saturated heterocycles. The molecule has 0 spiro atoms. The Morgan fingerprint density at radius 2 is 1.69 bits per heavy atom. The van der Waals surface area contributed by atoms with Crippen LogP contribution in [0.1, 0.15) is 22.3 Å². The van der Waals surface area contributed by atoms with E-state index in [2.05, 4.69) is 10.6 Å². The maximum absolute atomic E-state index is 12.8. The van der Waals surface area contributed by atoms with Gasteiger partial charge in [0.1, 0.15) is 0 Å². The van der Waals surface area contributed by atoms with Crippen LogP contribution in [0.25, 0.3) is 0 Å². The number of nitrogens with two attached hydrogens (primary N) is 1. The highest BCUT2D eigenvalue weighted by atomic mass is 35.5. The third kappa shape index (κ3) is 7.37. The molecule has 29 heavy (non-hydrogen) atoms. The number of hydrogen-bond acceptors (Lipinski definition) is 4. The van der Waals surface area contributed by atoms with Crippen LogP contribution in [-0.2, 0) is 15.7 Å². The number of amides is 2. The van der Waals surface area contributed by atoms with Crippen molar-refractivity contribution in [3.8, 4) is 0 Å². The molecule has 158 valence electrons. The van der Waals surface area contributed by atoms with Gasteiger partial charge in [-0.15, -0.1) is 12.4 Å². The van der Waals surface area contributed by atoms with Crippen molar-refractivity contribution in [2.75, 3.05) is 24.3 Å². The van der Waals surface area contributed by atoms with Crippen molar-refractivity contribution in [3.05, 3.63) is 59.7 Å². The summed E-state index contributed by atoms with van der Waals surface area (Å²) < 4.78 is 43.4. The van der Waals surface area contributed by atoms with E-state index in [9.17, 15) is 22.8 Å². The molecule has 0 fully saturated rings. The number of anilines is 2. The van der Waals surface area contributed by atoms with Gasteiger partial charge in [-0.25, -0.2) is 0 Å². The van der Waals surface area contributed by atoms with Gasteiger partial charge in [-0.3, -0.25) is 9.59 Å². The van der Waals surface area contributed by atoms with Crippen LogP contribution < -0.4 is 16.4 Å². The van der Waals surface area contributed by atoms with E-state index in [1.807, 2.05) is 0 Å². The Bertz CT molecular complexity index is 843. The molecule has 0 heterocycles. The van der Waals surface area contributed by atoms with Crippen molar-refractivity contribution in [1.29, 1.82) is 0 Å². The van der Waals surface area contributed by atoms with Crippen LogP contribution in [0.2, 0.25) is 0 Å². The number of carbonyl (C=O) groups is 2. The first-order chi connectivity index (χ1) is 13.2. The predicted molar refractivity (Wildman–Crippen MR) is 106 cm³/mol. The molecule has 6 nitrogen and oxygen atoms in total. The SMILES string of the molecule is COC(CN)CC(=O)Nc1cccc(C(=O)Nc2cccc(C(F)(F)F)c2)c1.Cl. The summed E-state index contributed by atoms with van der Waals surface area (Å²) in [5.41, 5.74) is 5.17. The zero-order chi connectivity index (χ0) is 20.7. The molecule has 0 saturated carbocycles. The summed E-state index contributed by atoms with van der Waals surface area (Å²) >= 11 is 0. The van der Waals surface area contributed by atoms with Crippen LogP contribution in [0.15, 0.2) is 48.5 Å². The fourth-order valence-electron chi connectivity index (χ4n) is 2.40. The Morgan fingerprint density at radius 3 is 2.28 bits per heavy atom. The lowest BCUT2D eigenvalue weighted by molar-refractivity contribution is -0.137. The second-order valence-corrected chi connectivity index (χ2v) is 5.96. The summed E-state index contributed by atoms with van der Waals surface area (Å²) in [5, 5.41) is 5.04. The molecule has 2 rings (SSSR count). The maximum atomic E-state index is 12.8. The van der Waals surface area contributed by atoms with Gasteiger partial charge in [-0.1, -0.05) is 12.1 Å². The van der Waals surface area contributed by atoms with Gasteiger partial charge in [0.15, 0.2) is 0 Å². The van der Waals surface area contributed by atoms with Gasteiger partial charge in [-0.05, 0) is 36.4 Å². The predicted octanol–water partition coefficient (Wildman–Crippen LogP) is 3.68. The summed E-state index contributed by atoms with van der Waals surface area (Å²) in [6.07, 6.45) is -4.88. The van der Waals surface area contributed by atoms with Gasteiger partial charge in [0.2, 0.25) is 5.91 Å². The number of alkyl halides is 3. The first-order valence-corrected chi connectivity index (χ1v) is 8.34. The van der Waals surface area contributed by atoms with Crippen molar-refractivity contribution >= 4 is 35.6 Å².